The number of aromatic nitrogens is 3. The molecule has 0 aliphatic carbocycles. The quantitative estimate of drug-likeness (QED) is 0.523. The normalized spacial score (nSPS) is 16.0. The molecular formula is C20H16ClF4N5O2. The molecule has 2 N–H and O–H groups in total. The van der Waals surface area contributed by atoms with E-state index in [1.165, 1.54) is 18.3 Å². The van der Waals surface area contributed by atoms with Gasteiger partial charge in [-0.1, -0.05) is 17.7 Å². The van der Waals surface area contributed by atoms with Crippen LogP contribution in [-0.2, 0) is 6.18 Å². The van der Waals surface area contributed by atoms with Crippen molar-refractivity contribution in [2.24, 2.45) is 0 Å². The number of pyridine rings is 1. The predicted molar refractivity (Wildman–Crippen MR) is 108 cm³/mol. The minimum atomic E-state index is -4.65. The van der Waals surface area contributed by atoms with Crippen LogP contribution in [0.4, 0.5) is 23.4 Å². The molecule has 1 aliphatic heterocycles. The highest BCUT2D eigenvalue weighted by atomic mass is 35.5. The summed E-state index contributed by atoms with van der Waals surface area (Å²) in [5.41, 5.74) is -0.601. The summed E-state index contributed by atoms with van der Waals surface area (Å²) in [7, 11) is 0. The zero-order chi connectivity index (χ0) is 23.0. The number of alkyl halides is 4. The van der Waals surface area contributed by atoms with E-state index in [1.54, 1.807) is 4.90 Å². The number of carbonyl (C=O) groups is 1. The Labute approximate surface area is 184 Å². The number of nitrogens with one attached hydrogen (secondary N) is 1. The van der Waals surface area contributed by atoms with Gasteiger partial charge in [0.2, 0.25) is 0 Å². The highest BCUT2D eigenvalue weighted by Gasteiger charge is 2.35. The maximum atomic E-state index is 13.4. The van der Waals surface area contributed by atoms with Crippen molar-refractivity contribution in [3.8, 4) is 0 Å². The first-order valence-corrected chi connectivity index (χ1v) is 9.84. The number of halogens is 5. The molecule has 0 saturated carbocycles. The molecule has 1 atom stereocenters. The SMILES string of the molecule is O=C(O)c1ccnc2c(N[C@H](CN3CC(F)C3)c3ccc(Cl)c(C(F)(F)F)c3)ncnc12. The molecule has 3 aromatic rings. The lowest BCUT2D eigenvalue weighted by Gasteiger charge is -2.37. The fourth-order valence-electron chi connectivity index (χ4n) is 3.53. The molecule has 0 unspecified atom stereocenters. The summed E-state index contributed by atoms with van der Waals surface area (Å²) in [4.78, 5) is 25.5. The summed E-state index contributed by atoms with van der Waals surface area (Å²) >= 11 is 5.75. The van der Waals surface area contributed by atoms with Crippen molar-refractivity contribution >= 4 is 34.4 Å². The van der Waals surface area contributed by atoms with E-state index >= 15 is 0 Å². The van der Waals surface area contributed by atoms with Crippen molar-refractivity contribution in [3.05, 3.63) is 58.5 Å². The van der Waals surface area contributed by atoms with Gasteiger partial charge >= 0.3 is 12.1 Å². The average molecular weight is 470 g/mol. The Morgan fingerprint density at radius 3 is 2.62 bits per heavy atom. The largest absolute Gasteiger partial charge is 0.478 e. The number of hydrogen-bond acceptors (Lipinski definition) is 6. The molecule has 1 aromatic carbocycles. The van der Waals surface area contributed by atoms with Crippen LogP contribution in [0.1, 0.15) is 27.5 Å². The van der Waals surface area contributed by atoms with Crippen LogP contribution < -0.4 is 5.32 Å². The maximum absolute atomic E-state index is 13.4. The summed E-state index contributed by atoms with van der Waals surface area (Å²) in [6, 6.07) is 4.08. The number of anilines is 1. The third-order valence-electron chi connectivity index (χ3n) is 5.12. The number of carboxylic acid groups (broad SMARTS) is 1. The van der Waals surface area contributed by atoms with E-state index in [1.807, 2.05) is 0 Å². The van der Waals surface area contributed by atoms with E-state index < -0.39 is 34.9 Å². The van der Waals surface area contributed by atoms with E-state index in [0.29, 0.717) is 0 Å². The van der Waals surface area contributed by atoms with Gasteiger partial charge in [-0.15, -0.1) is 0 Å². The van der Waals surface area contributed by atoms with Gasteiger partial charge in [-0.05, 0) is 23.8 Å². The topological polar surface area (TPSA) is 91.2 Å². The molecule has 168 valence electrons. The number of rotatable bonds is 6. The van der Waals surface area contributed by atoms with Crippen LogP contribution in [0.3, 0.4) is 0 Å². The first-order valence-electron chi connectivity index (χ1n) is 9.46. The Morgan fingerprint density at radius 1 is 1.22 bits per heavy atom. The van der Waals surface area contributed by atoms with Gasteiger partial charge in [0.1, 0.15) is 23.5 Å². The molecule has 32 heavy (non-hydrogen) atoms. The molecule has 1 saturated heterocycles. The second kappa shape index (κ2) is 8.47. The van der Waals surface area contributed by atoms with Gasteiger partial charge in [-0.3, -0.25) is 9.88 Å². The maximum Gasteiger partial charge on any atom is 0.417 e. The second-order valence-corrected chi connectivity index (χ2v) is 7.74. The molecule has 0 spiro atoms. The van der Waals surface area contributed by atoms with Gasteiger partial charge in [0.05, 0.1) is 22.2 Å². The van der Waals surface area contributed by atoms with Crippen LogP contribution in [0.5, 0.6) is 0 Å². The van der Waals surface area contributed by atoms with E-state index in [0.717, 1.165) is 18.5 Å². The van der Waals surface area contributed by atoms with Crippen LogP contribution in [0.25, 0.3) is 11.0 Å². The summed E-state index contributed by atoms with van der Waals surface area (Å²) in [6.45, 7) is 0.497. The molecule has 1 fully saturated rings. The van der Waals surface area contributed by atoms with Crippen molar-refractivity contribution in [2.45, 2.75) is 18.4 Å². The summed E-state index contributed by atoms with van der Waals surface area (Å²) in [5, 5.41) is 12.0. The molecule has 7 nitrogen and oxygen atoms in total. The lowest BCUT2D eigenvalue weighted by atomic mass is 10.0. The number of likely N-dealkylation sites (tertiary alicyclic amines) is 1. The molecule has 0 radical (unpaired) electrons. The zero-order valence-electron chi connectivity index (χ0n) is 16.3. The molecule has 4 rings (SSSR count). The zero-order valence-corrected chi connectivity index (χ0v) is 17.0. The van der Waals surface area contributed by atoms with Crippen LogP contribution in [0.2, 0.25) is 5.02 Å². The number of aromatic carboxylic acids is 1. The van der Waals surface area contributed by atoms with Crippen molar-refractivity contribution in [1.29, 1.82) is 0 Å². The molecular weight excluding hydrogens is 454 g/mol. The summed E-state index contributed by atoms with van der Waals surface area (Å²) in [5.74, 6) is -1.07. The first-order chi connectivity index (χ1) is 15.1. The van der Waals surface area contributed by atoms with Gasteiger partial charge < -0.3 is 10.4 Å². The second-order valence-electron chi connectivity index (χ2n) is 7.33. The molecule has 0 amide bonds. The van der Waals surface area contributed by atoms with Crippen LogP contribution in [-0.4, -0.2) is 56.7 Å². The number of hydrogen-bond donors (Lipinski definition) is 2. The smallest absolute Gasteiger partial charge is 0.417 e. The molecule has 2 aromatic heterocycles. The highest BCUT2D eigenvalue weighted by Crippen LogP contribution is 2.37. The predicted octanol–water partition coefficient (Wildman–Crippen LogP) is 4.20. The lowest BCUT2D eigenvalue weighted by molar-refractivity contribution is -0.137. The van der Waals surface area contributed by atoms with Crippen LogP contribution in [0.15, 0.2) is 36.8 Å². The van der Waals surface area contributed by atoms with Gasteiger partial charge in [-0.2, -0.15) is 13.2 Å². The number of benzene rings is 1. The van der Waals surface area contributed by atoms with Gasteiger partial charge in [0.25, 0.3) is 0 Å². The van der Waals surface area contributed by atoms with E-state index in [9.17, 15) is 27.5 Å². The minimum Gasteiger partial charge on any atom is -0.478 e. The monoisotopic (exact) mass is 469 g/mol. The lowest BCUT2D eigenvalue weighted by Crippen LogP contribution is -2.50. The first kappa shape index (κ1) is 22.2. The standard InChI is InChI=1S/C20H16ClF4N5O2/c21-14-2-1-10(5-13(14)20(23,24)25)15(8-30-6-11(22)7-30)29-18-17-16(27-9-28-18)12(19(31)32)3-4-26-17/h1-5,9,11,15H,6-8H2,(H,31,32)(H,27,28,29)/t15-/m1/s1. The number of carboxylic acids is 1. The Morgan fingerprint density at radius 2 is 1.97 bits per heavy atom. The molecule has 1 aliphatic rings. The van der Waals surface area contributed by atoms with Gasteiger partial charge in [0, 0.05) is 25.8 Å². The third-order valence-corrected chi connectivity index (χ3v) is 5.44. The van der Waals surface area contributed by atoms with Crippen LogP contribution in [0, 0.1) is 0 Å². The Bertz CT molecular complexity index is 1170. The Balaban J connectivity index is 1.74. The number of nitrogens with zero attached hydrogens (tertiary/aromatic N) is 4. The third kappa shape index (κ3) is 4.44. The van der Waals surface area contributed by atoms with Crippen molar-refractivity contribution in [2.75, 3.05) is 25.0 Å². The van der Waals surface area contributed by atoms with E-state index in [-0.39, 0.29) is 47.6 Å². The Kier molecular flexibility index (Phi) is 5.87. The fraction of sp³-hybridized carbons (Fsp3) is 0.300. The van der Waals surface area contributed by atoms with Crippen LogP contribution >= 0.6 is 11.6 Å². The Hall–Kier alpha value is -3.05. The van der Waals surface area contributed by atoms with Crippen molar-refractivity contribution in [3.63, 3.8) is 0 Å². The summed E-state index contributed by atoms with van der Waals surface area (Å²) < 4.78 is 53.5. The molecule has 0 bridgehead atoms. The van der Waals surface area contributed by atoms with E-state index in [2.05, 4.69) is 20.3 Å². The van der Waals surface area contributed by atoms with Gasteiger partial charge in [-0.25, -0.2) is 19.2 Å². The number of fused-ring (bicyclic) bond motifs is 1. The summed E-state index contributed by atoms with van der Waals surface area (Å²) in [6.07, 6.45) is -3.23. The molecule has 12 heteroatoms. The average Bonchev–Trinajstić information content (AvgIpc) is 2.71. The highest BCUT2D eigenvalue weighted by molar-refractivity contribution is 6.31. The molecule has 3 heterocycles. The fourth-order valence-corrected chi connectivity index (χ4v) is 3.76. The minimum absolute atomic E-state index is 0.0797. The van der Waals surface area contributed by atoms with Crippen molar-refractivity contribution in [1.82, 2.24) is 19.9 Å². The van der Waals surface area contributed by atoms with Gasteiger partial charge in [0.15, 0.2) is 5.82 Å². The van der Waals surface area contributed by atoms with E-state index in [4.69, 9.17) is 11.6 Å². The van der Waals surface area contributed by atoms with Crippen molar-refractivity contribution < 1.29 is 27.5 Å².